The van der Waals surface area contributed by atoms with Crippen molar-refractivity contribution in [1.82, 2.24) is 10.6 Å². The Labute approximate surface area is 103 Å². The Bertz CT molecular complexity index is 252. The molecule has 0 spiro atoms. The van der Waals surface area contributed by atoms with Crippen LogP contribution in [-0.4, -0.2) is 36.8 Å². The van der Waals surface area contributed by atoms with Crippen molar-refractivity contribution in [2.75, 3.05) is 19.6 Å². The zero-order chi connectivity index (χ0) is 12.1. The predicted octanol–water partition coefficient (Wildman–Crippen LogP) is 0.653. The topological polar surface area (TPSA) is 61.4 Å². The molecule has 1 amide bonds. The molecule has 1 aliphatic heterocycles. The van der Waals surface area contributed by atoms with E-state index in [1.165, 1.54) is 6.42 Å². The van der Waals surface area contributed by atoms with E-state index in [2.05, 4.69) is 10.6 Å². The van der Waals surface area contributed by atoms with Crippen molar-refractivity contribution in [2.45, 2.75) is 44.6 Å². The second-order valence-electron chi connectivity index (χ2n) is 5.48. The largest absolute Gasteiger partial charge is 0.393 e. The third-order valence-corrected chi connectivity index (χ3v) is 4.05. The lowest BCUT2D eigenvalue weighted by Gasteiger charge is -2.22. The first-order valence-corrected chi connectivity index (χ1v) is 6.91. The van der Waals surface area contributed by atoms with E-state index in [4.69, 9.17) is 0 Å². The highest BCUT2D eigenvalue weighted by Gasteiger charge is 2.25. The fourth-order valence-corrected chi connectivity index (χ4v) is 2.93. The first-order valence-electron chi connectivity index (χ1n) is 6.91. The molecule has 0 aromatic rings. The van der Waals surface area contributed by atoms with Crippen molar-refractivity contribution in [3.8, 4) is 0 Å². The molecule has 4 nitrogen and oxygen atoms in total. The average molecular weight is 240 g/mol. The number of aliphatic hydroxyl groups is 1. The van der Waals surface area contributed by atoms with E-state index < -0.39 is 0 Å². The summed E-state index contributed by atoms with van der Waals surface area (Å²) in [7, 11) is 0. The Morgan fingerprint density at radius 2 is 2.18 bits per heavy atom. The van der Waals surface area contributed by atoms with Crippen LogP contribution in [0.4, 0.5) is 0 Å². The summed E-state index contributed by atoms with van der Waals surface area (Å²) in [4.78, 5) is 11.8. The Morgan fingerprint density at radius 3 is 2.82 bits per heavy atom. The first kappa shape index (κ1) is 12.8. The van der Waals surface area contributed by atoms with Gasteiger partial charge in [0.1, 0.15) is 0 Å². The maximum absolute atomic E-state index is 11.8. The molecule has 2 rings (SSSR count). The van der Waals surface area contributed by atoms with Gasteiger partial charge in [0.15, 0.2) is 0 Å². The highest BCUT2D eigenvalue weighted by molar-refractivity contribution is 5.76. The van der Waals surface area contributed by atoms with E-state index >= 15 is 0 Å². The van der Waals surface area contributed by atoms with Crippen LogP contribution in [0.1, 0.15) is 38.5 Å². The minimum absolute atomic E-state index is 0.151. The molecular formula is C13H24N2O2. The van der Waals surface area contributed by atoms with Crippen LogP contribution in [0.5, 0.6) is 0 Å². The highest BCUT2D eigenvalue weighted by atomic mass is 16.3. The van der Waals surface area contributed by atoms with E-state index in [-0.39, 0.29) is 17.9 Å². The number of nitrogens with one attached hydrogen (secondary N) is 2. The lowest BCUT2D eigenvalue weighted by atomic mass is 9.96. The summed E-state index contributed by atoms with van der Waals surface area (Å²) in [6.45, 7) is 2.71. The predicted molar refractivity (Wildman–Crippen MR) is 66.6 cm³/mol. The van der Waals surface area contributed by atoms with Crippen LogP contribution in [0.3, 0.4) is 0 Å². The van der Waals surface area contributed by atoms with Crippen LogP contribution >= 0.6 is 0 Å². The van der Waals surface area contributed by atoms with Crippen LogP contribution < -0.4 is 10.6 Å². The van der Waals surface area contributed by atoms with Crippen molar-refractivity contribution in [1.29, 1.82) is 0 Å². The number of piperidine rings is 1. The van der Waals surface area contributed by atoms with Crippen LogP contribution in [0.25, 0.3) is 0 Å². The zero-order valence-electron chi connectivity index (χ0n) is 10.5. The van der Waals surface area contributed by atoms with Crippen molar-refractivity contribution in [3.05, 3.63) is 0 Å². The maximum Gasteiger partial charge on any atom is 0.220 e. The Morgan fingerprint density at radius 1 is 1.29 bits per heavy atom. The van der Waals surface area contributed by atoms with Gasteiger partial charge in [0, 0.05) is 18.9 Å². The van der Waals surface area contributed by atoms with Gasteiger partial charge in [-0.1, -0.05) is 6.42 Å². The number of carbonyl (C=O) groups is 1. The second-order valence-corrected chi connectivity index (χ2v) is 5.48. The molecule has 17 heavy (non-hydrogen) atoms. The molecule has 1 heterocycles. The van der Waals surface area contributed by atoms with Crippen LogP contribution in [0.15, 0.2) is 0 Å². The van der Waals surface area contributed by atoms with Gasteiger partial charge in [-0.3, -0.25) is 4.79 Å². The Kier molecular flexibility index (Phi) is 4.80. The fraction of sp³-hybridized carbons (Fsp3) is 0.923. The second kappa shape index (κ2) is 6.36. The third-order valence-electron chi connectivity index (χ3n) is 4.05. The molecule has 0 radical (unpaired) electrons. The van der Waals surface area contributed by atoms with Crippen molar-refractivity contribution < 1.29 is 9.90 Å². The first-order chi connectivity index (χ1) is 8.25. The lowest BCUT2D eigenvalue weighted by Crippen LogP contribution is -2.36. The summed E-state index contributed by atoms with van der Waals surface area (Å²) in [5.74, 6) is 0.929. The van der Waals surface area contributed by atoms with Crippen molar-refractivity contribution >= 4 is 5.91 Å². The quantitative estimate of drug-likeness (QED) is 0.676. The summed E-state index contributed by atoms with van der Waals surface area (Å²) in [6.07, 6.45) is 5.81. The normalized spacial score (nSPS) is 33.6. The summed E-state index contributed by atoms with van der Waals surface area (Å²) >= 11 is 0. The molecule has 1 saturated carbocycles. The molecule has 2 fully saturated rings. The Hall–Kier alpha value is -0.610. The minimum atomic E-state index is -0.202. The minimum Gasteiger partial charge on any atom is -0.393 e. The number of amides is 1. The molecule has 2 aliphatic rings. The van der Waals surface area contributed by atoms with Crippen LogP contribution in [0, 0.1) is 11.8 Å². The average Bonchev–Trinajstić information content (AvgIpc) is 2.74. The summed E-state index contributed by atoms with van der Waals surface area (Å²) in [6, 6.07) is 0. The maximum atomic E-state index is 11.8. The number of hydrogen-bond donors (Lipinski definition) is 3. The molecule has 3 N–H and O–H groups in total. The molecule has 3 atom stereocenters. The molecular weight excluding hydrogens is 216 g/mol. The molecule has 0 bridgehead atoms. The van der Waals surface area contributed by atoms with E-state index in [1.54, 1.807) is 0 Å². The molecule has 98 valence electrons. The summed E-state index contributed by atoms with van der Waals surface area (Å²) < 4.78 is 0. The molecule has 4 heteroatoms. The lowest BCUT2D eigenvalue weighted by molar-refractivity contribution is -0.122. The molecule has 0 aromatic carbocycles. The van der Waals surface area contributed by atoms with Gasteiger partial charge in [0.25, 0.3) is 0 Å². The van der Waals surface area contributed by atoms with Crippen molar-refractivity contribution in [2.24, 2.45) is 11.8 Å². The number of hydrogen-bond acceptors (Lipinski definition) is 3. The molecule has 0 aromatic heterocycles. The monoisotopic (exact) mass is 240 g/mol. The zero-order valence-corrected chi connectivity index (χ0v) is 10.5. The van der Waals surface area contributed by atoms with Crippen LogP contribution in [-0.2, 0) is 4.79 Å². The molecule has 1 saturated heterocycles. The summed E-state index contributed by atoms with van der Waals surface area (Å²) in [5.41, 5.74) is 0. The van der Waals surface area contributed by atoms with E-state index in [1.807, 2.05) is 0 Å². The number of aliphatic hydroxyl groups excluding tert-OH is 1. The van der Waals surface area contributed by atoms with Crippen LogP contribution in [0.2, 0.25) is 0 Å². The van der Waals surface area contributed by atoms with E-state index in [0.29, 0.717) is 18.9 Å². The van der Waals surface area contributed by atoms with Gasteiger partial charge < -0.3 is 15.7 Å². The van der Waals surface area contributed by atoms with Gasteiger partial charge in [-0.2, -0.15) is 0 Å². The highest BCUT2D eigenvalue weighted by Crippen LogP contribution is 2.24. The number of carbonyl (C=O) groups excluding carboxylic acids is 1. The third kappa shape index (κ3) is 3.96. The smallest absolute Gasteiger partial charge is 0.220 e. The summed E-state index contributed by atoms with van der Waals surface area (Å²) in [5, 5.41) is 16.0. The van der Waals surface area contributed by atoms with E-state index in [9.17, 15) is 9.90 Å². The van der Waals surface area contributed by atoms with Crippen molar-refractivity contribution in [3.63, 3.8) is 0 Å². The molecule has 3 unspecified atom stereocenters. The molecule has 1 aliphatic carbocycles. The van der Waals surface area contributed by atoms with Gasteiger partial charge in [0.2, 0.25) is 5.91 Å². The van der Waals surface area contributed by atoms with Gasteiger partial charge in [-0.15, -0.1) is 0 Å². The SMILES string of the molecule is O=C(CC1CCCNC1)NCC1CCCC1O. The Balaban J connectivity index is 1.63. The standard InChI is InChI=1S/C13H24N2O2/c16-12-5-1-4-11(12)9-15-13(17)7-10-3-2-6-14-8-10/h10-12,14,16H,1-9H2,(H,15,17). The van der Waals surface area contributed by atoms with Gasteiger partial charge in [-0.05, 0) is 44.7 Å². The van der Waals surface area contributed by atoms with E-state index in [0.717, 1.165) is 38.8 Å². The van der Waals surface area contributed by atoms with Gasteiger partial charge in [0.05, 0.1) is 6.10 Å². The fourth-order valence-electron chi connectivity index (χ4n) is 2.93. The number of rotatable bonds is 4. The van der Waals surface area contributed by atoms with Gasteiger partial charge in [-0.25, -0.2) is 0 Å². The van der Waals surface area contributed by atoms with Gasteiger partial charge >= 0.3 is 0 Å².